The average Bonchev–Trinajstić information content (AvgIpc) is 3.50. The van der Waals surface area contributed by atoms with Gasteiger partial charge in [0.25, 0.3) is 0 Å². The highest BCUT2D eigenvalue weighted by Gasteiger charge is 2.36. The van der Waals surface area contributed by atoms with E-state index in [0.29, 0.717) is 0 Å². The third-order valence-electron chi connectivity index (χ3n) is 12.0. The molecule has 0 spiro atoms. The third kappa shape index (κ3) is 5.95. The Hall–Kier alpha value is -6.96. The van der Waals surface area contributed by atoms with Crippen molar-refractivity contribution in [3.8, 4) is 55.6 Å². The van der Waals surface area contributed by atoms with E-state index in [1.165, 1.54) is 88.8 Å². The largest absolute Gasteiger partial charge is 0.310 e. The first-order chi connectivity index (χ1) is 28.0. The van der Waals surface area contributed by atoms with Gasteiger partial charge in [0.1, 0.15) is 0 Å². The van der Waals surface area contributed by atoms with Crippen molar-refractivity contribution in [1.82, 2.24) is 0 Å². The van der Waals surface area contributed by atoms with E-state index in [9.17, 15) is 0 Å². The van der Waals surface area contributed by atoms with E-state index in [2.05, 4.69) is 232 Å². The lowest BCUT2D eigenvalue weighted by Crippen LogP contribution is -2.17. The molecular weight excluding hydrogens is 687 g/mol. The second kappa shape index (κ2) is 14.0. The van der Waals surface area contributed by atoms with Crippen LogP contribution in [-0.4, -0.2) is 0 Å². The smallest absolute Gasteiger partial charge is 0.0569 e. The molecule has 0 aliphatic heterocycles. The normalized spacial score (nSPS) is 12.6. The number of rotatable bonds is 7. The molecule has 0 fully saturated rings. The summed E-state index contributed by atoms with van der Waals surface area (Å²) in [5.74, 6) is 0. The number of fused-ring (bicyclic) bond motifs is 4. The molecule has 57 heavy (non-hydrogen) atoms. The van der Waals surface area contributed by atoms with Gasteiger partial charge in [0.05, 0.1) is 5.69 Å². The molecule has 1 aliphatic carbocycles. The van der Waals surface area contributed by atoms with E-state index >= 15 is 0 Å². The molecule has 272 valence electrons. The van der Waals surface area contributed by atoms with Gasteiger partial charge in [-0.1, -0.05) is 184 Å². The zero-order valence-electron chi connectivity index (χ0n) is 32.6. The van der Waals surface area contributed by atoms with Gasteiger partial charge < -0.3 is 4.90 Å². The third-order valence-corrected chi connectivity index (χ3v) is 12.0. The van der Waals surface area contributed by atoms with Crippen molar-refractivity contribution in [2.75, 3.05) is 4.90 Å². The van der Waals surface area contributed by atoms with Gasteiger partial charge in [-0.05, 0) is 121 Å². The van der Waals surface area contributed by atoms with Crippen molar-refractivity contribution in [3.63, 3.8) is 0 Å². The SMILES string of the molecule is Cc1cc(-c2cccc3ccccc23)cc(-c2ccccc2)c1N(c1ccc(-c2ccccc2-c2ccccc2)cc1)c1ccc2c(c1)C(C)(C)c1ccccc1-2. The first-order valence-corrected chi connectivity index (χ1v) is 19.9. The van der Waals surface area contributed by atoms with Crippen LogP contribution in [0.25, 0.3) is 66.4 Å². The molecule has 9 aromatic carbocycles. The van der Waals surface area contributed by atoms with Gasteiger partial charge in [-0.25, -0.2) is 0 Å². The molecule has 10 rings (SSSR count). The Labute approximate surface area is 336 Å². The van der Waals surface area contributed by atoms with Crippen molar-refractivity contribution in [1.29, 1.82) is 0 Å². The summed E-state index contributed by atoms with van der Waals surface area (Å²) in [6.07, 6.45) is 0. The molecule has 1 heteroatoms. The van der Waals surface area contributed by atoms with Crippen LogP contribution >= 0.6 is 0 Å². The first kappa shape index (κ1) is 34.5. The molecule has 0 saturated carbocycles. The van der Waals surface area contributed by atoms with Crippen molar-refractivity contribution in [2.45, 2.75) is 26.2 Å². The second-order valence-electron chi connectivity index (χ2n) is 15.8. The summed E-state index contributed by atoms with van der Waals surface area (Å²) < 4.78 is 0. The van der Waals surface area contributed by atoms with Crippen LogP contribution in [0, 0.1) is 6.92 Å². The average molecular weight is 730 g/mol. The molecule has 0 aromatic heterocycles. The van der Waals surface area contributed by atoms with E-state index in [1.54, 1.807) is 0 Å². The quantitative estimate of drug-likeness (QED) is 0.158. The Morgan fingerprint density at radius 1 is 0.351 bits per heavy atom. The second-order valence-corrected chi connectivity index (χ2v) is 15.8. The summed E-state index contributed by atoms with van der Waals surface area (Å²) in [7, 11) is 0. The highest BCUT2D eigenvalue weighted by Crippen LogP contribution is 2.52. The molecule has 0 heterocycles. The molecule has 1 nitrogen and oxygen atoms in total. The van der Waals surface area contributed by atoms with Crippen LogP contribution in [0.2, 0.25) is 0 Å². The number of hydrogen-bond donors (Lipinski definition) is 0. The van der Waals surface area contributed by atoms with Gasteiger partial charge in [0, 0.05) is 22.4 Å². The highest BCUT2D eigenvalue weighted by molar-refractivity contribution is 6.00. The van der Waals surface area contributed by atoms with Crippen molar-refractivity contribution in [2.24, 2.45) is 0 Å². The van der Waals surface area contributed by atoms with Crippen LogP contribution in [-0.2, 0) is 5.41 Å². The molecule has 9 aromatic rings. The minimum Gasteiger partial charge on any atom is -0.310 e. The minimum absolute atomic E-state index is 0.131. The molecule has 1 aliphatic rings. The molecule has 0 unspecified atom stereocenters. The zero-order valence-corrected chi connectivity index (χ0v) is 32.6. The van der Waals surface area contributed by atoms with Crippen LogP contribution < -0.4 is 4.90 Å². The van der Waals surface area contributed by atoms with Crippen LogP contribution in [0.4, 0.5) is 17.1 Å². The van der Waals surface area contributed by atoms with Crippen LogP contribution in [0.3, 0.4) is 0 Å². The number of benzene rings is 9. The molecule has 0 N–H and O–H groups in total. The zero-order chi connectivity index (χ0) is 38.5. The number of aryl methyl sites for hydroxylation is 1. The van der Waals surface area contributed by atoms with Gasteiger partial charge in [-0.2, -0.15) is 0 Å². The minimum atomic E-state index is -0.131. The maximum atomic E-state index is 2.50. The molecule has 0 amide bonds. The van der Waals surface area contributed by atoms with Gasteiger partial charge in [0.2, 0.25) is 0 Å². The maximum absolute atomic E-state index is 2.50. The summed E-state index contributed by atoms with van der Waals surface area (Å²) in [5, 5.41) is 2.50. The fraction of sp³-hybridized carbons (Fsp3) is 0.0714. The van der Waals surface area contributed by atoms with Crippen molar-refractivity contribution in [3.05, 3.63) is 223 Å². The van der Waals surface area contributed by atoms with E-state index in [1.807, 2.05) is 0 Å². The van der Waals surface area contributed by atoms with Gasteiger partial charge in [-0.3, -0.25) is 0 Å². The Kier molecular flexibility index (Phi) is 8.46. The monoisotopic (exact) mass is 729 g/mol. The summed E-state index contributed by atoms with van der Waals surface area (Å²) in [6, 6.07) is 75.7. The van der Waals surface area contributed by atoms with Crippen molar-refractivity contribution >= 4 is 27.8 Å². The van der Waals surface area contributed by atoms with Crippen LogP contribution in [0.5, 0.6) is 0 Å². The highest BCUT2D eigenvalue weighted by atomic mass is 15.1. The lowest BCUT2D eigenvalue weighted by Gasteiger charge is -2.32. The van der Waals surface area contributed by atoms with Crippen LogP contribution in [0.15, 0.2) is 206 Å². The molecular formula is C56H43N. The fourth-order valence-corrected chi connectivity index (χ4v) is 9.18. The number of anilines is 3. The molecule has 0 atom stereocenters. The standard InChI is InChI=1S/C56H43N/c1-38-35-43(49-27-16-22-40-21-10-11-23-47(40)49)36-52(41-19-8-5-9-20-41)55(38)57(45-33-34-51-50-26-14-15-28-53(50)56(2,3)54(51)37-45)44-31-29-42(30-32-44)48-25-13-12-24-46(48)39-17-6-4-7-18-39/h4-37H,1-3H3. The summed E-state index contributed by atoms with van der Waals surface area (Å²) in [6.45, 7) is 7.01. The van der Waals surface area contributed by atoms with E-state index in [-0.39, 0.29) is 5.41 Å². The van der Waals surface area contributed by atoms with Crippen molar-refractivity contribution < 1.29 is 0 Å². The Balaban J connectivity index is 1.19. The number of nitrogens with zero attached hydrogens (tertiary/aromatic N) is 1. The fourth-order valence-electron chi connectivity index (χ4n) is 9.18. The van der Waals surface area contributed by atoms with E-state index in [4.69, 9.17) is 0 Å². The van der Waals surface area contributed by atoms with E-state index < -0.39 is 0 Å². The van der Waals surface area contributed by atoms with Crippen LogP contribution in [0.1, 0.15) is 30.5 Å². The Bertz CT molecular complexity index is 2910. The molecule has 0 bridgehead atoms. The topological polar surface area (TPSA) is 3.24 Å². The maximum Gasteiger partial charge on any atom is 0.0569 e. The van der Waals surface area contributed by atoms with Gasteiger partial charge >= 0.3 is 0 Å². The number of hydrogen-bond acceptors (Lipinski definition) is 1. The Morgan fingerprint density at radius 3 is 1.60 bits per heavy atom. The summed E-state index contributed by atoms with van der Waals surface area (Å²) in [5.41, 5.74) is 19.6. The Morgan fingerprint density at radius 2 is 0.877 bits per heavy atom. The summed E-state index contributed by atoms with van der Waals surface area (Å²) in [4.78, 5) is 2.50. The molecule has 0 radical (unpaired) electrons. The van der Waals surface area contributed by atoms with Gasteiger partial charge in [-0.15, -0.1) is 0 Å². The van der Waals surface area contributed by atoms with Gasteiger partial charge in [0.15, 0.2) is 0 Å². The summed E-state index contributed by atoms with van der Waals surface area (Å²) >= 11 is 0. The first-order valence-electron chi connectivity index (χ1n) is 19.9. The molecule has 0 saturated heterocycles. The lowest BCUT2D eigenvalue weighted by molar-refractivity contribution is 0.660. The van der Waals surface area contributed by atoms with E-state index in [0.717, 1.165) is 11.4 Å². The predicted molar refractivity (Wildman–Crippen MR) is 243 cm³/mol. The lowest BCUT2D eigenvalue weighted by atomic mass is 9.82. The predicted octanol–water partition coefficient (Wildman–Crippen LogP) is 15.6.